The smallest absolute Gasteiger partial charge is 0.259 e. The zero-order chi connectivity index (χ0) is 17.8. The Morgan fingerprint density at radius 1 is 1.32 bits per heavy atom. The fourth-order valence-electron chi connectivity index (χ4n) is 2.34. The van der Waals surface area contributed by atoms with Crippen molar-refractivity contribution in [2.24, 2.45) is 0 Å². The summed E-state index contributed by atoms with van der Waals surface area (Å²) >= 11 is 0. The van der Waals surface area contributed by atoms with Gasteiger partial charge in [0.05, 0.1) is 34.9 Å². The highest BCUT2D eigenvalue weighted by atomic mass is 16.1. The van der Waals surface area contributed by atoms with E-state index in [2.05, 4.69) is 31.4 Å². The van der Waals surface area contributed by atoms with Gasteiger partial charge >= 0.3 is 0 Å². The van der Waals surface area contributed by atoms with Gasteiger partial charge in [0.1, 0.15) is 12.4 Å². The van der Waals surface area contributed by atoms with Crippen molar-refractivity contribution in [1.82, 2.24) is 24.7 Å². The van der Waals surface area contributed by atoms with Gasteiger partial charge in [-0.2, -0.15) is 10.4 Å². The maximum absolute atomic E-state index is 12.5. The Morgan fingerprint density at radius 2 is 2.16 bits per heavy atom. The van der Waals surface area contributed by atoms with Crippen molar-refractivity contribution in [2.45, 2.75) is 19.8 Å². The molecule has 0 saturated heterocycles. The van der Waals surface area contributed by atoms with Crippen molar-refractivity contribution in [3.63, 3.8) is 0 Å². The molecule has 3 aromatic rings. The van der Waals surface area contributed by atoms with E-state index in [-0.39, 0.29) is 11.8 Å². The van der Waals surface area contributed by atoms with Crippen LogP contribution in [0.5, 0.6) is 0 Å². The molecule has 0 aliphatic carbocycles. The van der Waals surface area contributed by atoms with Gasteiger partial charge in [-0.1, -0.05) is 13.8 Å². The summed E-state index contributed by atoms with van der Waals surface area (Å²) in [4.78, 5) is 24.8. The number of nitrogens with one attached hydrogen (secondary N) is 1. The molecule has 1 N–H and O–H groups in total. The van der Waals surface area contributed by atoms with Gasteiger partial charge in [0, 0.05) is 12.4 Å². The fourth-order valence-corrected chi connectivity index (χ4v) is 2.34. The second kappa shape index (κ2) is 6.88. The zero-order valence-electron chi connectivity index (χ0n) is 13.7. The fraction of sp³-hybridized carbons (Fsp3) is 0.176. The summed E-state index contributed by atoms with van der Waals surface area (Å²) < 4.78 is 1.44. The van der Waals surface area contributed by atoms with Crippen molar-refractivity contribution in [2.75, 3.05) is 5.32 Å². The normalized spacial score (nSPS) is 10.5. The summed E-state index contributed by atoms with van der Waals surface area (Å²) in [5.41, 5.74) is 1.97. The molecule has 0 bridgehead atoms. The maximum Gasteiger partial charge on any atom is 0.259 e. The van der Waals surface area contributed by atoms with Crippen LogP contribution in [0.4, 0.5) is 5.69 Å². The molecule has 0 saturated carbocycles. The first-order valence-corrected chi connectivity index (χ1v) is 7.61. The van der Waals surface area contributed by atoms with Crippen LogP contribution in [0.3, 0.4) is 0 Å². The van der Waals surface area contributed by atoms with Crippen LogP contribution in [-0.2, 0) is 0 Å². The summed E-state index contributed by atoms with van der Waals surface area (Å²) in [6.07, 6.45) is 7.59. The minimum atomic E-state index is -0.314. The predicted molar refractivity (Wildman–Crippen MR) is 90.1 cm³/mol. The van der Waals surface area contributed by atoms with Gasteiger partial charge < -0.3 is 5.32 Å². The van der Waals surface area contributed by atoms with Gasteiger partial charge in [-0.05, 0) is 18.1 Å². The van der Waals surface area contributed by atoms with E-state index in [9.17, 15) is 4.79 Å². The molecule has 124 valence electrons. The second-order valence-electron chi connectivity index (χ2n) is 5.59. The van der Waals surface area contributed by atoms with Crippen molar-refractivity contribution in [3.8, 4) is 11.9 Å². The highest BCUT2D eigenvalue weighted by Gasteiger charge is 2.16. The number of aromatic nitrogens is 5. The molecule has 0 aliphatic rings. The largest absolute Gasteiger partial charge is 0.319 e. The molecule has 0 spiro atoms. The lowest BCUT2D eigenvalue weighted by atomic mass is 10.0. The zero-order valence-corrected chi connectivity index (χ0v) is 13.7. The molecule has 8 heteroatoms. The van der Waals surface area contributed by atoms with E-state index < -0.39 is 0 Å². The minimum absolute atomic E-state index is 0.0955. The SMILES string of the molecule is CC(C)c1ncncc1C(=O)Nc1cnn(-c2ncccc2C#N)c1. The Balaban J connectivity index is 1.85. The van der Waals surface area contributed by atoms with Crippen LogP contribution in [0.1, 0.15) is 41.4 Å². The number of anilines is 1. The third kappa shape index (κ3) is 3.35. The molecule has 0 unspecified atom stereocenters. The monoisotopic (exact) mass is 333 g/mol. The van der Waals surface area contributed by atoms with Crippen LogP contribution in [-0.4, -0.2) is 30.6 Å². The number of hydrogen-bond acceptors (Lipinski definition) is 6. The Labute approximate surface area is 144 Å². The summed E-state index contributed by atoms with van der Waals surface area (Å²) in [5, 5.41) is 16.1. The molecule has 0 radical (unpaired) electrons. The summed E-state index contributed by atoms with van der Waals surface area (Å²) in [6, 6.07) is 5.39. The van der Waals surface area contributed by atoms with Gasteiger partial charge in [0.2, 0.25) is 0 Å². The molecule has 0 aromatic carbocycles. The Morgan fingerprint density at radius 3 is 2.92 bits per heavy atom. The Bertz CT molecular complexity index is 955. The topological polar surface area (TPSA) is 109 Å². The first-order valence-electron chi connectivity index (χ1n) is 7.61. The van der Waals surface area contributed by atoms with E-state index in [1.54, 1.807) is 24.5 Å². The van der Waals surface area contributed by atoms with Crippen LogP contribution in [0, 0.1) is 11.3 Å². The van der Waals surface area contributed by atoms with E-state index in [1.807, 2.05) is 13.8 Å². The van der Waals surface area contributed by atoms with Crippen LogP contribution in [0.2, 0.25) is 0 Å². The molecule has 0 fully saturated rings. The average molecular weight is 333 g/mol. The lowest BCUT2D eigenvalue weighted by Crippen LogP contribution is -2.16. The van der Waals surface area contributed by atoms with Gasteiger partial charge in [0.15, 0.2) is 5.82 Å². The van der Waals surface area contributed by atoms with Crippen molar-refractivity contribution < 1.29 is 4.79 Å². The molecule has 0 atom stereocenters. The Kier molecular flexibility index (Phi) is 4.48. The van der Waals surface area contributed by atoms with Gasteiger partial charge in [0.25, 0.3) is 5.91 Å². The van der Waals surface area contributed by atoms with Gasteiger partial charge in [-0.25, -0.2) is 19.6 Å². The summed E-state index contributed by atoms with van der Waals surface area (Å²) in [5.74, 6) is 0.181. The molecule has 1 amide bonds. The van der Waals surface area contributed by atoms with E-state index in [4.69, 9.17) is 5.26 Å². The Hall–Kier alpha value is -3.60. The number of carbonyl (C=O) groups excluding carboxylic acids is 1. The molecular weight excluding hydrogens is 318 g/mol. The van der Waals surface area contributed by atoms with E-state index in [1.165, 1.54) is 23.4 Å². The lowest BCUT2D eigenvalue weighted by Gasteiger charge is -2.09. The lowest BCUT2D eigenvalue weighted by molar-refractivity contribution is 0.102. The first kappa shape index (κ1) is 16.3. The summed E-state index contributed by atoms with van der Waals surface area (Å²) in [7, 11) is 0. The standard InChI is InChI=1S/C17H15N7O/c1-11(2)15-14(8-19-10-21-15)17(25)23-13-7-22-24(9-13)16-12(6-18)4-3-5-20-16/h3-5,7-11H,1-2H3,(H,23,25). The number of nitriles is 1. The minimum Gasteiger partial charge on any atom is -0.319 e. The quantitative estimate of drug-likeness (QED) is 0.784. The third-order valence-corrected chi connectivity index (χ3v) is 3.50. The van der Waals surface area contributed by atoms with Crippen LogP contribution >= 0.6 is 0 Å². The molecule has 3 aromatic heterocycles. The molecule has 8 nitrogen and oxygen atoms in total. The van der Waals surface area contributed by atoms with E-state index in [0.717, 1.165) is 0 Å². The number of nitrogens with zero attached hydrogens (tertiary/aromatic N) is 6. The maximum atomic E-state index is 12.5. The predicted octanol–water partition coefficient (Wildman–Crippen LogP) is 2.30. The van der Waals surface area contributed by atoms with Crippen molar-refractivity contribution in [1.29, 1.82) is 5.26 Å². The third-order valence-electron chi connectivity index (χ3n) is 3.50. The van der Waals surface area contributed by atoms with Crippen LogP contribution < -0.4 is 5.32 Å². The molecule has 3 rings (SSSR count). The average Bonchev–Trinajstić information content (AvgIpc) is 3.09. The highest BCUT2D eigenvalue weighted by Crippen LogP contribution is 2.18. The van der Waals surface area contributed by atoms with E-state index >= 15 is 0 Å². The molecule has 0 aliphatic heterocycles. The number of pyridine rings is 1. The van der Waals surface area contributed by atoms with Crippen LogP contribution in [0.25, 0.3) is 5.82 Å². The highest BCUT2D eigenvalue weighted by molar-refractivity contribution is 6.04. The van der Waals surface area contributed by atoms with Crippen molar-refractivity contribution >= 4 is 11.6 Å². The molecule has 3 heterocycles. The number of hydrogen-bond donors (Lipinski definition) is 1. The number of rotatable bonds is 4. The van der Waals surface area contributed by atoms with Crippen LogP contribution in [0.15, 0.2) is 43.2 Å². The van der Waals surface area contributed by atoms with Gasteiger partial charge in [-0.15, -0.1) is 0 Å². The number of carbonyl (C=O) groups is 1. The second-order valence-corrected chi connectivity index (χ2v) is 5.59. The van der Waals surface area contributed by atoms with Gasteiger partial charge in [-0.3, -0.25) is 4.79 Å². The number of amides is 1. The van der Waals surface area contributed by atoms with E-state index in [0.29, 0.717) is 28.3 Å². The molecular formula is C17H15N7O. The first-order chi connectivity index (χ1) is 12.1. The molecule has 25 heavy (non-hydrogen) atoms. The summed E-state index contributed by atoms with van der Waals surface area (Å²) in [6.45, 7) is 3.92. The van der Waals surface area contributed by atoms with Crippen molar-refractivity contribution in [3.05, 3.63) is 60.1 Å².